The van der Waals surface area contributed by atoms with Crippen LogP contribution in [0, 0.1) is 12.7 Å². The van der Waals surface area contributed by atoms with Gasteiger partial charge in [0.25, 0.3) is 5.91 Å². The zero-order valence-corrected chi connectivity index (χ0v) is 14.0. The number of hydrogen-bond donors (Lipinski definition) is 2. The number of rotatable bonds is 3. The lowest BCUT2D eigenvalue weighted by atomic mass is 10.1. The number of halogens is 1. The molecule has 4 rings (SSSR count). The lowest BCUT2D eigenvalue weighted by molar-refractivity contribution is 0.102. The Morgan fingerprint density at radius 1 is 1.08 bits per heavy atom. The maximum atomic E-state index is 13.0. The van der Waals surface area contributed by atoms with Crippen LogP contribution in [-0.2, 0) is 0 Å². The summed E-state index contributed by atoms with van der Waals surface area (Å²) in [5.41, 5.74) is 4.04. The Balaban J connectivity index is 1.60. The number of pyridine rings is 1. The van der Waals surface area contributed by atoms with Gasteiger partial charge >= 0.3 is 0 Å². The van der Waals surface area contributed by atoms with Gasteiger partial charge in [-0.1, -0.05) is 6.07 Å². The third-order valence-corrected chi connectivity index (χ3v) is 4.08. The number of carbonyl (C=O) groups excluding carboxylic acids is 1. The minimum atomic E-state index is -0.318. The van der Waals surface area contributed by atoms with Crippen molar-refractivity contribution in [3.05, 3.63) is 77.9 Å². The second kappa shape index (κ2) is 6.40. The van der Waals surface area contributed by atoms with Crippen molar-refractivity contribution in [1.82, 2.24) is 15.2 Å². The van der Waals surface area contributed by atoms with Crippen molar-refractivity contribution in [2.45, 2.75) is 6.92 Å². The van der Waals surface area contributed by atoms with Crippen LogP contribution in [0.5, 0.6) is 0 Å². The van der Waals surface area contributed by atoms with Gasteiger partial charge in [0.15, 0.2) is 0 Å². The first kappa shape index (κ1) is 16.0. The molecule has 0 fully saturated rings. The van der Waals surface area contributed by atoms with E-state index in [1.807, 2.05) is 37.3 Å². The van der Waals surface area contributed by atoms with Gasteiger partial charge in [0, 0.05) is 16.6 Å². The average Bonchev–Trinajstić information content (AvgIpc) is 3.12. The molecule has 0 aliphatic carbocycles. The number of aromatic nitrogens is 3. The van der Waals surface area contributed by atoms with Crippen LogP contribution in [0.1, 0.15) is 16.2 Å². The van der Waals surface area contributed by atoms with Gasteiger partial charge < -0.3 is 5.32 Å². The third kappa shape index (κ3) is 3.04. The van der Waals surface area contributed by atoms with E-state index in [0.29, 0.717) is 17.1 Å². The predicted octanol–water partition coefficient (Wildman–Crippen LogP) is 4.32. The van der Waals surface area contributed by atoms with Crippen LogP contribution in [-0.4, -0.2) is 21.1 Å². The largest absolute Gasteiger partial charge is 0.320 e. The molecule has 0 spiro atoms. The first-order chi connectivity index (χ1) is 12.6. The molecule has 0 aliphatic heterocycles. The SMILES string of the molecule is Cc1ccc2c(NC(=O)c3cc(-c4ccc(F)cc4)n[nH]3)cccc2n1. The van der Waals surface area contributed by atoms with Gasteiger partial charge in [-0.2, -0.15) is 5.10 Å². The predicted molar refractivity (Wildman–Crippen MR) is 98.4 cm³/mol. The highest BCUT2D eigenvalue weighted by atomic mass is 19.1. The maximum Gasteiger partial charge on any atom is 0.273 e. The molecule has 2 aromatic carbocycles. The van der Waals surface area contributed by atoms with Crippen LogP contribution < -0.4 is 5.32 Å². The molecule has 0 atom stereocenters. The summed E-state index contributed by atoms with van der Waals surface area (Å²) in [6.07, 6.45) is 0. The summed E-state index contributed by atoms with van der Waals surface area (Å²) in [7, 11) is 0. The fourth-order valence-electron chi connectivity index (χ4n) is 2.76. The second-order valence-corrected chi connectivity index (χ2v) is 5.95. The minimum Gasteiger partial charge on any atom is -0.320 e. The van der Waals surface area contributed by atoms with E-state index in [4.69, 9.17) is 0 Å². The normalized spacial score (nSPS) is 10.8. The highest BCUT2D eigenvalue weighted by molar-refractivity contribution is 6.08. The smallest absolute Gasteiger partial charge is 0.273 e. The molecule has 4 aromatic rings. The number of H-pyrrole nitrogens is 1. The number of carbonyl (C=O) groups is 1. The van der Waals surface area contributed by atoms with Gasteiger partial charge in [0.05, 0.1) is 16.9 Å². The Labute approximate surface area is 148 Å². The first-order valence-corrected chi connectivity index (χ1v) is 8.09. The molecular formula is C20H15FN4O. The number of aromatic amines is 1. The fraction of sp³-hybridized carbons (Fsp3) is 0.0500. The van der Waals surface area contributed by atoms with Crippen LogP contribution >= 0.6 is 0 Å². The Hall–Kier alpha value is -3.54. The molecule has 1 amide bonds. The minimum absolute atomic E-state index is 0.307. The van der Waals surface area contributed by atoms with E-state index in [2.05, 4.69) is 20.5 Å². The van der Waals surface area contributed by atoms with Gasteiger partial charge in [0.2, 0.25) is 0 Å². The van der Waals surface area contributed by atoms with Crippen molar-refractivity contribution < 1.29 is 9.18 Å². The molecule has 6 heteroatoms. The van der Waals surface area contributed by atoms with Gasteiger partial charge in [0.1, 0.15) is 11.5 Å². The molecule has 2 heterocycles. The summed E-state index contributed by atoms with van der Waals surface area (Å²) in [5.74, 6) is -0.624. The molecule has 5 nitrogen and oxygen atoms in total. The summed E-state index contributed by atoms with van der Waals surface area (Å²) in [5, 5.41) is 10.6. The number of hydrogen-bond acceptors (Lipinski definition) is 3. The van der Waals surface area contributed by atoms with Crippen LogP contribution in [0.3, 0.4) is 0 Å². The molecule has 26 heavy (non-hydrogen) atoms. The van der Waals surface area contributed by atoms with Gasteiger partial charge in [-0.25, -0.2) is 4.39 Å². The number of fused-ring (bicyclic) bond motifs is 1. The topological polar surface area (TPSA) is 70.7 Å². The van der Waals surface area contributed by atoms with E-state index >= 15 is 0 Å². The van der Waals surface area contributed by atoms with E-state index in [0.717, 1.165) is 22.2 Å². The molecule has 0 unspecified atom stereocenters. The van der Waals surface area contributed by atoms with Crippen molar-refractivity contribution in [1.29, 1.82) is 0 Å². The van der Waals surface area contributed by atoms with E-state index < -0.39 is 0 Å². The second-order valence-electron chi connectivity index (χ2n) is 5.95. The zero-order chi connectivity index (χ0) is 18.1. The van der Waals surface area contributed by atoms with E-state index in [-0.39, 0.29) is 11.7 Å². The highest BCUT2D eigenvalue weighted by Crippen LogP contribution is 2.23. The number of nitrogens with one attached hydrogen (secondary N) is 2. The molecule has 2 N–H and O–H groups in total. The Morgan fingerprint density at radius 3 is 2.69 bits per heavy atom. The van der Waals surface area contributed by atoms with Gasteiger partial charge in [-0.3, -0.25) is 14.9 Å². The summed E-state index contributed by atoms with van der Waals surface area (Å²) in [6.45, 7) is 1.92. The molecule has 128 valence electrons. The van der Waals surface area contributed by atoms with Crippen molar-refractivity contribution >= 4 is 22.5 Å². The number of nitrogens with zero attached hydrogens (tertiary/aromatic N) is 2. The summed E-state index contributed by atoms with van der Waals surface area (Å²) in [6, 6.07) is 17.0. The Bertz CT molecular complexity index is 1100. The monoisotopic (exact) mass is 346 g/mol. The zero-order valence-electron chi connectivity index (χ0n) is 14.0. The lowest BCUT2D eigenvalue weighted by Crippen LogP contribution is -2.12. The van der Waals surface area contributed by atoms with Crippen molar-refractivity contribution in [3.63, 3.8) is 0 Å². The van der Waals surface area contributed by atoms with Crippen molar-refractivity contribution in [3.8, 4) is 11.3 Å². The average molecular weight is 346 g/mol. The van der Waals surface area contributed by atoms with E-state index in [9.17, 15) is 9.18 Å². The fourth-order valence-corrected chi connectivity index (χ4v) is 2.76. The number of anilines is 1. The molecule has 0 saturated heterocycles. The Kier molecular flexibility index (Phi) is 3.93. The van der Waals surface area contributed by atoms with Crippen LogP contribution in [0.25, 0.3) is 22.2 Å². The van der Waals surface area contributed by atoms with E-state index in [1.54, 1.807) is 18.2 Å². The van der Waals surface area contributed by atoms with Crippen molar-refractivity contribution in [2.24, 2.45) is 0 Å². The molecule has 0 radical (unpaired) electrons. The van der Waals surface area contributed by atoms with Gasteiger partial charge in [-0.15, -0.1) is 0 Å². The molecule has 2 aromatic heterocycles. The van der Waals surface area contributed by atoms with Gasteiger partial charge in [-0.05, 0) is 61.5 Å². The van der Waals surface area contributed by atoms with Crippen LogP contribution in [0.2, 0.25) is 0 Å². The summed E-state index contributed by atoms with van der Waals surface area (Å²) >= 11 is 0. The number of aryl methyl sites for hydroxylation is 1. The van der Waals surface area contributed by atoms with Crippen molar-refractivity contribution in [2.75, 3.05) is 5.32 Å². The summed E-state index contributed by atoms with van der Waals surface area (Å²) < 4.78 is 13.0. The van der Waals surface area contributed by atoms with E-state index in [1.165, 1.54) is 12.1 Å². The quantitative estimate of drug-likeness (QED) is 0.580. The first-order valence-electron chi connectivity index (χ1n) is 8.09. The lowest BCUT2D eigenvalue weighted by Gasteiger charge is -2.07. The number of benzene rings is 2. The van der Waals surface area contributed by atoms with Crippen LogP contribution in [0.15, 0.2) is 60.7 Å². The molecule has 0 bridgehead atoms. The molecule has 0 aliphatic rings. The molecular weight excluding hydrogens is 331 g/mol. The third-order valence-electron chi connectivity index (χ3n) is 4.08. The Morgan fingerprint density at radius 2 is 1.88 bits per heavy atom. The summed E-state index contributed by atoms with van der Waals surface area (Å²) in [4.78, 5) is 17.0. The molecule has 0 saturated carbocycles. The maximum absolute atomic E-state index is 13.0. The van der Waals surface area contributed by atoms with Crippen LogP contribution in [0.4, 0.5) is 10.1 Å². The standard InChI is InChI=1S/C20H15FN4O/c1-12-5-10-15-16(22-12)3-2-4-17(15)23-20(26)19-11-18(24-25-19)13-6-8-14(21)9-7-13/h2-11H,1H3,(H,23,26)(H,24,25). The number of amides is 1. The highest BCUT2D eigenvalue weighted by Gasteiger charge is 2.13.